The first kappa shape index (κ1) is 12.6. The molecule has 0 aliphatic rings. The summed E-state index contributed by atoms with van der Waals surface area (Å²) in [6, 6.07) is 1.99. The van der Waals surface area contributed by atoms with E-state index >= 15 is 0 Å². The van der Waals surface area contributed by atoms with E-state index in [2.05, 4.69) is 0 Å². The Bertz CT molecular complexity index is 224. The van der Waals surface area contributed by atoms with E-state index in [0.717, 1.165) is 0 Å². The fraction of sp³-hybridized carbons (Fsp3) is 0.875. The zero-order valence-electron chi connectivity index (χ0n) is 8.37. The van der Waals surface area contributed by atoms with Gasteiger partial charge in [-0.2, -0.15) is 5.26 Å². The highest BCUT2D eigenvalue weighted by atomic mass is 31.1. The van der Waals surface area contributed by atoms with Gasteiger partial charge in [0, 0.05) is 0 Å². The molecule has 0 bridgehead atoms. The normalized spacial score (nSPS) is 14.6. The van der Waals surface area contributed by atoms with Crippen LogP contribution in [-0.4, -0.2) is 10.5 Å². The average molecular weight is 205 g/mol. The number of nitrogens with zero attached hydrogens (tertiary/aromatic N) is 1. The van der Waals surface area contributed by atoms with Crippen LogP contribution in [0.5, 0.6) is 0 Å². The lowest BCUT2D eigenvalue weighted by Gasteiger charge is -2.32. The minimum absolute atomic E-state index is 0.112. The van der Waals surface area contributed by atoms with Crippen molar-refractivity contribution < 1.29 is 14.0 Å². The molecule has 0 amide bonds. The number of rotatable bonds is 4. The van der Waals surface area contributed by atoms with Gasteiger partial charge in [-0.1, -0.05) is 27.7 Å². The molecule has 0 saturated carbocycles. The van der Waals surface area contributed by atoms with Crippen LogP contribution in [0.15, 0.2) is 0 Å². The maximum Gasteiger partial charge on any atom is 0.318 e. The van der Waals surface area contributed by atoms with Crippen molar-refractivity contribution in [3.05, 3.63) is 0 Å². The highest BCUT2D eigenvalue weighted by Gasteiger charge is 2.40. The SMILES string of the molecule is CC(C)C(C#N)(O[PH](=O)O)C(C)C. The van der Waals surface area contributed by atoms with Gasteiger partial charge in [-0.3, -0.25) is 9.09 Å². The summed E-state index contributed by atoms with van der Waals surface area (Å²) in [6.07, 6.45) is 0. The molecule has 0 aliphatic carbocycles. The first-order valence-electron chi connectivity index (χ1n) is 4.20. The first-order valence-corrected chi connectivity index (χ1v) is 5.46. The van der Waals surface area contributed by atoms with E-state index in [9.17, 15) is 4.57 Å². The molecule has 0 saturated heterocycles. The standard InChI is InChI=1S/C8H16NO3P/c1-6(2)8(5-9,7(3)4)12-13(10)11/h6-7,13H,1-4H3,(H,10,11). The Morgan fingerprint density at radius 2 is 1.77 bits per heavy atom. The van der Waals surface area contributed by atoms with Gasteiger partial charge >= 0.3 is 8.25 Å². The topological polar surface area (TPSA) is 70.3 Å². The van der Waals surface area contributed by atoms with E-state index in [1.165, 1.54) is 0 Å². The third-order valence-electron chi connectivity index (χ3n) is 2.15. The number of hydrogen-bond acceptors (Lipinski definition) is 3. The van der Waals surface area contributed by atoms with Crippen LogP contribution in [0.1, 0.15) is 27.7 Å². The molecule has 1 N–H and O–H groups in total. The van der Waals surface area contributed by atoms with E-state index in [1.54, 1.807) is 27.7 Å². The summed E-state index contributed by atoms with van der Waals surface area (Å²) in [5, 5.41) is 8.96. The van der Waals surface area contributed by atoms with E-state index in [0.29, 0.717) is 0 Å². The van der Waals surface area contributed by atoms with E-state index in [-0.39, 0.29) is 11.8 Å². The molecule has 1 atom stereocenters. The fourth-order valence-corrected chi connectivity index (χ4v) is 2.13. The molecule has 4 nitrogen and oxygen atoms in total. The molecule has 1 unspecified atom stereocenters. The third-order valence-corrected chi connectivity index (χ3v) is 2.66. The zero-order chi connectivity index (χ0) is 10.6. The van der Waals surface area contributed by atoms with Crippen LogP contribution in [0.2, 0.25) is 0 Å². The minimum Gasteiger partial charge on any atom is -0.326 e. The lowest BCUT2D eigenvalue weighted by Crippen LogP contribution is -2.40. The van der Waals surface area contributed by atoms with Crippen LogP contribution in [0.3, 0.4) is 0 Å². The van der Waals surface area contributed by atoms with Crippen LogP contribution in [0.25, 0.3) is 0 Å². The second-order valence-corrected chi connectivity index (χ2v) is 4.32. The first-order chi connectivity index (χ1) is 5.86. The second-order valence-electron chi connectivity index (χ2n) is 3.58. The average Bonchev–Trinajstić information content (AvgIpc) is 1.98. The fourth-order valence-electron chi connectivity index (χ4n) is 1.33. The molecule has 0 aliphatic heterocycles. The Hall–Kier alpha value is -0.360. The van der Waals surface area contributed by atoms with Crippen LogP contribution in [-0.2, 0) is 9.09 Å². The minimum atomic E-state index is -3.06. The van der Waals surface area contributed by atoms with Gasteiger partial charge in [0.05, 0.1) is 6.07 Å². The predicted molar refractivity (Wildman–Crippen MR) is 50.3 cm³/mol. The molecular weight excluding hydrogens is 189 g/mol. The Morgan fingerprint density at radius 1 is 1.38 bits per heavy atom. The lowest BCUT2D eigenvalue weighted by atomic mass is 9.82. The summed E-state index contributed by atoms with van der Waals surface area (Å²) in [5.41, 5.74) is -1.15. The molecule has 13 heavy (non-hydrogen) atoms. The van der Waals surface area contributed by atoms with Crippen molar-refractivity contribution in [2.75, 3.05) is 0 Å². The van der Waals surface area contributed by atoms with Gasteiger partial charge in [-0.15, -0.1) is 0 Å². The number of hydrogen-bond donors (Lipinski definition) is 1. The Kier molecular flexibility index (Phi) is 4.63. The summed E-state index contributed by atoms with van der Waals surface area (Å²) < 4.78 is 15.4. The second kappa shape index (κ2) is 4.76. The van der Waals surface area contributed by atoms with Crippen LogP contribution in [0.4, 0.5) is 0 Å². The summed E-state index contributed by atoms with van der Waals surface area (Å²) in [5.74, 6) is -0.225. The van der Waals surface area contributed by atoms with Crippen molar-refractivity contribution in [1.82, 2.24) is 0 Å². The van der Waals surface area contributed by atoms with Crippen molar-refractivity contribution >= 4 is 8.25 Å². The highest BCUT2D eigenvalue weighted by molar-refractivity contribution is 7.32. The van der Waals surface area contributed by atoms with E-state index < -0.39 is 13.9 Å². The molecule has 0 aromatic heterocycles. The molecule has 76 valence electrons. The van der Waals surface area contributed by atoms with Crippen molar-refractivity contribution in [2.45, 2.75) is 33.3 Å². The summed E-state index contributed by atoms with van der Waals surface area (Å²) in [7, 11) is -3.06. The molecule has 5 heteroatoms. The van der Waals surface area contributed by atoms with Gasteiger partial charge in [-0.05, 0) is 11.8 Å². The Labute approximate surface area is 79.5 Å². The predicted octanol–water partition coefficient (Wildman–Crippen LogP) is 1.96. The van der Waals surface area contributed by atoms with Gasteiger partial charge in [0.2, 0.25) is 0 Å². The molecule has 0 fully saturated rings. The number of nitriles is 1. The van der Waals surface area contributed by atoms with Crippen LogP contribution >= 0.6 is 8.25 Å². The van der Waals surface area contributed by atoms with Gasteiger partial charge in [0.25, 0.3) is 0 Å². The molecular formula is C8H16NO3P. The third kappa shape index (κ3) is 2.80. The molecule has 0 aromatic rings. The van der Waals surface area contributed by atoms with Gasteiger partial charge < -0.3 is 4.89 Å². The molecule has 0 rings (SSSR count). The van der Waals surface area contributed by atoms with Crippen molar-refractivity contribution in [3.63, 3.8) is 0 Å². The summed E-state index contributed by atoms with van der Waals surface area (Å²) in [6.45, 7) is 7.20. The lowest BCUT2D eigenvalue weighted by molar-refractivity contribution is 0.0303. The molecule has 0 spiro atoms. The van der Waals surface area contributed by atoms with Crippen LogP contribution < -0.4 is 0 Å². The van der Waals surface area contributed by atoms with Gasteiger partial charge in [0.1, 0.15) is 0 Å². The highest BCUT2D eigenvalue weighted by Crippen LogP contribution is 2.37. The monoisotopic (exact) mass is 205 g/mol. The quantitative estimate of drug-likeness (QED) is 0.712. The smallest absolute Gasteiger partial charge is 0.318 e. The molecule has 0 heterocycles. The Morgan fingerprint density at radius 3 is 1.85 bits per heavy atom. The van der Waals surface area contributed by atoms with Gasteiger partial charge in [0.15, 0.2) is 5.60 Å². The maximum absolute atomic E-state index is 10.6. The van der Waals surface area contributed by atoms with E-state index in [4.69, 9.17) is 14.7 Å². The molecule has 0 aromatic carbocycles. The van der Waals surface area contributed by atoms with Crippen molar-refractivity contribution in [3.8, 4) is 6.07 Å². The van der Waals surface area contributed by atoms with Crippen molar-refractivity contribution in [2.24, 2.45) is 11.8 Å². The largest absolute Gasteiger partial charge is 0.326 e. The van der Waals surface area contributed by atoms with Crippen LogP contribution in [0, 0.1) is 23.2 Å². The van der Waals surface area contributed by atoms with E-state index in [1.807, 2.05) is 6.07 Å². The zero-order valence-corrected chi connectivity index (χ0v) is 9.37. The Balaban J connectivity index is 4.90. The summed E-state index contributed by atoms with van der Waals surface area (Å²) in [4.78, 5) is 8.69. The maximum atomic E-state index is 10.6. The summed E-state index contributed by atoms with van der Waals surface area (Å²) >= 11 is 0. The van der Waals surface area contributed by atoms with Crippen molar-refractivity contribution in [1.29, 1.82) is 5.26 Å². The van der Waals surface area contributed by atoms with Gasteiger partial charge in [-0.25, -0.2) is 0 Å². The molecule has 0 radical (unpaired) electrons.